The van der Waals surface area contributed by atoms with Crippen molar-refractivity contribution in [1.82, 2.24) is 10.3 Å². The maximum atomic E-state index is 12.3. The number of amides is 2. The summed E-state index contributed by atoms with van der Waals surface area (Å²) in [4.78, 5) is 27.1. The number of benzene rings is 2. The lowest BCUT2D eigenvalue weighted by Crippen LogP contribution is -2.30. The van der Waals surface area contributed by atoms with Crippen molar-refractivity contribution in [3.05, 3.63) is 63.4 Å². The number of carbonyl (C=O) groups excluding carboxylic acids is 1. The van der Waals surface area contributed by atoms with E-state index in [0.29, 0.717) is 46.5 Å². The second-order valence-electron chi connectivity index (χ2n) is 6.02. The van der Waals surface area contributed by atoms with Crippen LogP contribution in [0.4, 0.5) is 10.5 Å². The number of fused-ring (bicyclic) bond motifs is 2. The van der Waals surface area contributed by atoms with Crippen molar-refractivity contribution in [3.8, 4) is 11.5 Å². The number of halogens is 1. The molecule has 0 atom stereocenters. The largest absolute Gasteiger partial charge is 0.486 e. The summed E-state index contributed by atoms with van der Waals surface area (Å²) in [6.07, 6.45) is 0. The standard InChI is InChI=1S/C19H16ClN3O4/c20-13-1-3-14(4-2-13)22-19(25)21-10-12-7-11-8-16-17(27-6-5-26-16)9-15(11)23-18(12)24/h1-4,7-9H,5-6,10H2,(H,23,24)(H2,21,22,25). The molecule has 2 aromatic carbocycles. The topological polar surface area (TPSA) is 92.5 Å². The lowest BCUT2D eigenvalue weighted by Gasteiger charge is -2.18. The summed E-state index contributed by atoms with van der Waals surface area (Å²) in [6.45, 7) is 1.05. The Balaban J connectivity index is 1.49. The SMILES string of the molecule is O=C(NCc1cc2cc3c(cc2[nH]c1=O)OCCO3)Nc1ccc(Cl)cc1. The van der Waals surface area contributed by atoms with Crippen molar-refractivity contribution in [1.29, 1.82) is 0 Å². The van der Waals surface area contributed by atoms with E-state index in [0.717, 1.165) is 5.39 Å². The molecule has 0 spiro atoms. The van der Waals surface area contributed by atoms with E-state index in [9.17, 15) is 9.59 Å². The average Bonchev–Trinajstić information content (AvgIpc) is 2.66. The third-order valence-electron chi connectivity index (χ3n) is 4.13. The fourth-order valence-corrected chi connectivity index (χ4v) is 2.93. The van der Waals surface area contributed by atoms with Gasteiger partial charge in [0.25, 0.3) is 5.56 Å². The van der Waals surface area contributed by atoms with E-state index in [1.54, 1.807) is 36.4 Å². The van der Waals surface area contributed by atoms with Crippen molar-refractivity contribution >= 4 is 34.2 Å². The molecular formula is C19H16ClN3O4. The molecule has 1 aliphatic heterocycles. The molecule has 3 aromatic rings. The molecule has 8 heteroatoms. The number of anilines is 1. The van der Waals surface area contributed by atoms with E-state index < -0.39 is 6.03 Å². The van der Waals surface area contributed by atoms with Crippen LogP contribution in [0.5, 0.6) is 11.5 Å². The summed E-state index contributed by atoms with van der Waals surface area (Å²) in [5.74, 6) is 1.25. The van der Waals surface area contributed by atoms with Crippen molar-refractivity contribution in [2.24, 2.45) is 0 Å². The molecule has 1 aliphatic rings. The zero-order chi connectivity index (χ0) is 18.8. The van der Waals surface area contributed by atoms with Gasteiger partial charge in [-0.05, 0) is 36.4 Å². The Morgan fingerprint density at radius 1 is 1.07 bits per heavy atom. The molecule has 27 heavy (non-hydrogen) atoms. The molecule has 138 valence electrons. The number of hydrogen-bond acceptors (Lipinski definition) is 4. The molecule has 0 bridgehead atoms. The summed E-state index contributed by atoms with van der Waals surface area (Å²) >= 11 is 5.82. The smallest absolute Gasteiger partial charge is 0.319 e. The first-order valence-electron chi connectivity index (χ1n) is 8.34. The highest BCUT2D eigenvalue weighted by atomic mass is 35.5. The number of hydrogen-bond donors (Lipinski definition) is 3. The number of urea groups is 1. The lowest BCUT2D eigenvalue weighted by atomic mass is 10.1. The Hall–Kier alpha value is -3.19. The third-order valence-corrected chi connectivity index (χ3v) is 4.38. The van der Waals surface area contributed by atoms with Crippen molar-refractivity contribution < 1.29 is 14.3 Å². The summed E-state index contributed by atoms with van der Waals surface area (Å²) in [7, 11) is 0. The van der Waals surface area contributed by atoms with E-state index in [4.69, 9.17) is 21.1 Å². The molecule has 4 rings (SSSR count). The second kappa shape index (κ2) is 7.20. The summed E-state index contributed by atoms with van der Waals surface area (Å²) < 4.78 is 11.1. The minimum atomic E-state index is -0.418. The number of pyridine rings is 1. The third kappa shape index (κ3) is 3.83. The van der Waals surface area contributed by atoms with Gasteiger partial charge in [-0.3, -0.25) is 4.79 Å². The van der Waals surface area contributed by atoms with Gasteiger partial charge in [0.05, 0.1) is 5.52 Å². The highest BCUT2D eigenvalue weighted by Crippen LogP contribution is 2.33. The van der Waals surface area contributed by atoms with Crippen LogP contribution in [-0.4, -0.2) is 24.2 Å². The minimum absolute atomic E-state index is 0.0825. The van der Waals surface area contributed by atoms with E-state index in [-0.39, 0.29) is 12.1 Å². The Kier molecular flexibility index (Phi) is 4.60. The first kappa shape index (κ1) is 17.2. The molecule has 0 fully saturated rings. The summed E-state index contributed by atoms with van der Waals surface area (Å²) in [5, 5.41) is 6.73. The van der Waals surface area contributed by atoms with Crippen LogP contribution in [0.2, 0.25) is 5.02 Å². The quantitative estimate of drug-likeness (QED) is 0.645. The summed E-state index contributed by atoms with van der Waals surface area (Å²) in [6, 6.07) is 11.6. The predicted molar refractivity (Wildman–Crippen MR) is 103 cm³/mol. The van der Waals surface area contributed by atoms with Crippen LogP contribution in [0.15, 0.2) is 47.3 Å². The molecule has 0 saturated heterocycles. The van der Waals surface area contributed by atoms with E-state index in [1.807, 2.05) is 6.07 Å². The molecule has 0 radical (unpaired) electrons. The van der Waals surface area contributed by atoms with Gasteiger partial charge in [0.1, 0.15) is 13.2 Å². The van der Waals surface area contributed by atoms with E-state index >= 15 is 0 Å². The van der Waals surface area contributed by atoms with Crippen LogP contribution in [0.3, 0.4) is 0 Å². The van der Waals surface area contributed by atoms with Gasteiger partial charge in [-0.1, -0.05) is 11.6 Å². The highest BCUT2D eigenvalue weighted by molar-refractivity contribution is 6.30. The van der Waals surface area contributed by atoms with E-state index in [2.05, 4.69) is 15.6 Å². The van der Waals surface area contributed by atoms with Crippen LogP contribution in [-0.2, 0) is 6.54 Å². The number of carbonyl (C=O) groups is 1. The fourth-order valence-electron chi connectivity index (χ4n) is 2.80. The maximum Gasteiger partial charge on any atom is 0.319 e. The molecule has 0 unspecified atom stereocenters. The van der Waals surface area contributed by atoms with Gasteiger partial charge in [-0.25, -0.2) is 4.79 Å². The Morgan fingerprint density at radius 2 is 1.78 bits per heavy atom. The van der Waals surface area contributed by atoms with Crippen molar-refractivity contribution in [2.45, 2.75) is 6.54 Å². The molecule has 2 amide bonds. The van der Waals surface area contributed by atoms with Gasteiger partial charge in [-0.2, -0.15) is 0 Å². The van der Waals surface area contributed by atoms with Crippen LogP contribution in [0.1, 0.15) is 5.56 Å². The lowest BCUT2D eigenvalue weighted by molar-refractivity contribution is 0.172. The van der Waals surface area contributed by atoms with Crippen LogP contribution in [0.25, 0.3) is 10.9 Å². The molecule has 0 aliphatic carbocycles. The molecule has 2 heterocycles. The zero-order valence-electron chi connectivity index (χ0n) is 14.2. The molecule has 3 N–H and O–H groups in total. The van der Waals surface area contributed by atoms with Gasteiger partial charge < -0.3 is 25.1 Å². The van der Waals surface area contributed by atoms with Crippen molar-refractivity contribution in [3.63, 3.8) is 0 Å². The molecule has 0 saturated carbocycles. The van der Waals surface area contributed by atoms with E-state index in [1.165, 1.54) is 0 Å². The van der Waals surface area contributed by atoms with Crippen LogP contribution < -0.4 is 25.7 Å². The molecular weight excluding hydrogens is 370 g/mol. The van der Waals surface area contributed by atoms with Gasteiger partial charge >= 0.3 is 6.03 Å². The maximum absolute atomic E-state index is 12.3. The summed E-state index contributed by atoms with van der Waals surface area (Å²) in [5.41, 5.74) is 1.42. The number of nitrogens with one attached hydrogen (secondary N) is 3. The second-order valence-corrected chi connectivity index (χ2v) is 6.46. The van der Waals surface area contributed by atoms with Gasteiger partial charge in [0, 0.05) is 34.3 Å². The normalized spacial score (nSPS) is 12.6. The Morgan fingerprint density at radius 3 is 2.52 bits per heavy atom. The first-order valence-corrected chi connectivity index (χ1v) is 8.72. The minimum Gasteiger partial charge on any atom is -0.486 e. The number of aromatic nitrogens is 1. The van der Waals surface area contributed by atoms with Gasteiger partial charge in [0.15, 0.2) is 11.5 Å². The zero-order valence-corrected chi connectivity index (χ0v) is 14.9. The van der Waals surface area contributed by atoms with Crippen LogP contribution >= 0.6 is 11.6 Å². The van der Waals surface area contributed by atoms with Crippen molar-refractivity contribution in [2.75, 3.05) is 18.5 Å². The predicted octanol–water partition coefficient (Wildman–Crippen LogP) is 3.27. The monoisotopic (exact) mass is 385 g/mol. The number of rotatable bonds is 3. The Labute approximate surface area is 159 Å². The molecule has 1 aromatic heterocycles. The molecule has 7 nitrogen and oxygen atoms in total. The Bertz CT molecular complexity index is 1060. The number of ether oxygens (including phenoxy) is 2. The van der Waals surface area contributed by atoms with Crippen LogP contribution in [0, 0.1) is 0 Å². The number of aromatic amines is 1. The number of H-pyrrole nitrogens is 1. The fraction of sp³-hybridized carbons (Fsp3) is 0.158. The highest BCUT2D eigenvalue weighted by Gasteiger charge is 2.14. The average molecular weight is 386 g/mol. The first-order chi connectivity index (χ1) is 13.1. The van der Waals surface area contributed by atoms with Gasteiger partial charge in [0.2, 0.25) is 0 Å². The van der Waals surface area contributed by atoms with Gasteiger partial charge in [-0.15, -0.1) is 0 Å².